The Morgan fingerprint density at radius 1 is 1.73 bits per heavy atom. The Kier molecular flexibility index (Phi) is 2.16. The monoisotopic (exact) mass is 159 g/mol. The normalized spacial score (nSPS) is 25.4. The predicted molar refractivity (Wildman–Crippen MR) is 40.9 cm³/mol. The van der Waals surface area contributed by atoms with Crippen molar-refractivity contribution in [3.63, 3.8) is 0 Å². The van der Waals surface area contributed by atoms with Gasteiger partial charge in [0.2, 0.25) is 5.91 Å². The van der Waals surface area contributed by atoms with Crippen molar-refractivity contribution < 1.29 is 9.18 Å². The first kappa shape index (κ1) is 8.50. The number of carbonyl (C=O) groups excluding carboxylic acids is 1. The molecule has 1 N–H and O–H groups in total. The van der Waals surface area contributed by atoms with Gasteiger partial charge in [0.25, 0.3) is 0 Å². The molecule has 0 aromatic carbocycles. The zero-order chi connectivity index (χ0) is 8.48. The van der Waals surface area contributed by atoms with E-state index in [9.17, 15) is 9.18 Å². The van der Waals surface area contributed by atoms with Gasteiger partial charge < -0.3 is 5.32 Å². The van der Waals surface area contributed by atoms with Gasteiger partial charge in [-0.3, -0.25) is 4.79 Å². The number of hydrogen-bond acceptors (Lipinski definition) is 1. The average Bonchev–Trinajstić information content (AvgIpc) is 2.10. The molecule has 0 aromatic heterocycles. The van der Waals surface area contributed by atoms with E-state index in [0.717, 1.165) is 0 Å². The van der Waals surface area contributed by atoms with Crippen molar-refractivity contribution in [1.82, 2.24) is 5.32 Å². The minimum absolute atomic E-state index is 0.0549. The number of nitrogens with one attached hydrogen (secondary N) is 1. The molecular weight excluding hydrogens is 145 g/mol. The standard InChI is InChI=1S/C8H14FNO/c1-8(2,9)4-6-3-7(11)10-5-6/h6H,3-5H2,1-2H3,(H,10,11)/t6-/m0/s1. The van der Waals surface area contributed by atoms with Crippen molar-refractivity contribution in [3.8, 4) is 0 Å². The van der Waals surface area contributed by atoms with Crippen LogP contribution in [0.4, 0.5) is 4.39 Å². The van der Waals surface area contributed by atoms with Gasteiger partial charge in [-0.1, -0.05) is 0 Å². The van der Waals surface area contributed by atoms with Crippen LogP contribution in [0.5, 0.6) is 0 Å². The molecule has 0 aromatic rings. The highest BCUT2D eigenvalue weighted by atomic mass is 19.1. The van der Waals surface area contributed by atoms with Crippen LogP contribution in [0.3, 0.4) is 0 Å². The maximum atomic E-state index is 13.0. The maximum absolute atomic E-state index is 13.0. The molecule has 2 nitrogen and oxygen atoms in total. The van der Waals surface area contributed by atoms with Crippen molar-refractivity contribution in [2.45, 2.75) is 32.4 Å². The first-order valence-electron chi connectivity index (χ1n) is 3.93. The fourth-order valence-electron chi connectivity index (χ4n) is 1.50. The lowest BCUT2D eigenvalue weighted by Gasteiger charge is -2.17. The van der Waals surface area contributed by atoms with Crippen LogP contribution < -0.4 is 5.32 Å². The zero-order valence-corrected chi connectivity index (χ0v) is 6.98. The third kappa shape index (κ3) is 2.87. The lowest BCUT2D eigenvalue weighted by atomic mass is 9.94. The van der Waals surface area contributed by atoms with Gasteiger partial charge in [0.15, 0.2) is 0 Å². The van der Waals surface area contributed by atoms with Crippen molar-refractivity contribution in [2.24, 2.45) is 5.92 Å². The summed E-state index contributed by atoms with van der Waals surface area (Å²) < 4.78 is 13.0. The Hall–Kier alpha value is -0.600. The molecular formula is C8H14FNO. The summed E-state index contributed by atoms with van der Waals surface area (Å²) in [5, 5.41) is 2.69. The van der Waals surface area contributed by atoms with Gasteiger partial charge in [-0.05, 0) is 26.2 Å². The molecule has 0 radical (unpaired) electrons. The van der Waals surface area contributed by atoms with E-state index in [-0.39, 0.29) is 11.8 Å². The van der Waals surface area contributed by atoms with Crippen molar-refractivity contribution in [2.75, 3.05) is 6.54 Å². The van der Waals surface area contributed by atoms with Gasteiger partial charge in [0.05, 0.1) is 0 Å². The Morgan fingerprint density at radius 2 is 2.36 bits per heavy atom. The average molecular weight is 159 g/mol. The van der Waals surface area contributed by atoms with E-state index < -0.39 is 5.67 Å². The summed E-state index contributed by atoms with van der Waals surface area (Å²) in [6, 6.07) is 0. The molecule has 0 unspecified atom stereocenters. The van der Waals surface area contributed by atoms with E-state index in [1.54, 1.807) is 13.8 Å². The van der Waals surface area contributed by atoms with Gasteiger partial charge in [-0.2, -0.15) is 0 Å². The molecule has 1 fully saturated rings. The van der Waals surface area contributed by atoms with E-state index >= 15 is 0 Å². The molecule has 1 saturated heterocycles. The molecule has 1 atom stereocenters. The molecule has 3 heteroatoms. The van der Waals surface area contributed by atoms with Gasteiger partial charge in [-0.15, -0.1) is 0 Å². The highest BCUT2D eigenvalue weighted by Crippen LogP contribution is 2.24. The van der Waals surface area contributed by atoms with E-state index in [4.69, 9.17) is 0 Å². The second-order valence-corrected chi connectivity index (χ2v) is 3.80. The van der Waals surface area contributed by atoms with Gasteiger partial charge in [-0.25, -0.2) is 4.39 Å². The Balaban J connectivity index is 2.34. The van der Waals surface area contributed by atoms with E-state index in [1.165, 1.54) is 0 Å². The molecule has 0 spiro atoms. The number of hydrogen-bond donors (Lipinski definition) is 1. The molecule has 0 aliphatic carbocycles. The highest BCUT2D eigenvalue weighted by Gasteiger charge is 2.28. The number of halogens is 1. The van der Waals surface area contributed by atoms with Crippen LogP contribution >= 0.6 is 0 Å². The summed E-state index contributed by atoms with van der Waals surface area (Å²) in [4.78, 5) is 10.7. The Morgan fingerprint density at radius 3 is 2.73 bits per heavy atom. The molecule has 1 aliphatic rings. The van der Waals surface area contributed by atoms with E-state index in [2.05, 4.69) is 5.32 Å². The van der Waals surface area contributed by atoms with E-state index in [0.29, 0.717) is 19.4 Å². The lowest BCUT2D eigenvalue weighted by molar-refractivity contribution is -0.119. The van der Waals surface area contributed by atoms with Crippen LogP contribution in [0, 0.1) is 5.92 Å². The molecule has 11 heavy (non-hydrogen) atoms. The van der Waals surface area contributed by atoms with Gasteiger partial charge in [0, 0.05) is 13.0 Å². The van der Waals surface area contributed by atoms with Crippen molar-refractivity contribution in [1.29, 1.82) is 0 Å². The summed E-state index contributed by atoms with van der Waals surface area (Å²) in [7, 11) is 0. The molecule has 1 heterocycles. The van der Waals surface area contributed by atoms with Gasteiger partial charge >= 0.3 is 0 Å². The number of alkyl halides is 1. The second kappa shape index (κ2) is 2.80. The Bertz CT molecular complexity index is 162. The van der Waals surface area contributed by atoms with Crippen LogP contribution in [0.1, 0.15) is 26.7 Å². The van der Waals surface area contributed by atoms with Crippen molar-refractivity contribution in [3.05, 3.63) is 0 Å². The smallest absolute Gasteiger partial charge is 0.220 e. The number of amides is 1. The summed E-state index contributed by atoms with van der Waals surface area (Å²) in [5.74, 6) is 0.252. The summed E-state index contributed by atoms with van der Waals surface area (Å²) in [5.41, 5.74) is -1.14. The van der Waals surface area contributed by atoms with Crippen LogP contribution in [-0.4, -0.2) is 18.1 Å². The number of rotatable bonds is 2. The molecule has 0 saturated carbocycles. The summed E-state index contributed by atoms with van der Waals surface area (Å²) in [6.45, 7) is 3.75. The summed E-state index contributed by atoms with van der Waals surface area (Å²) >= 11 is 0. The molecule has 64 valence electrons. The third-order valence-corrected chi connectivity index (χ3v) is 1.84. The largest absolute Gasteiger partial charge is 0.356 e. The SMILES string of the molecule is CC(C)(F)C[C@H]1CNC(=O)C1. The first-order valence-corrected chi connectivity index (χ1v) is 3.93. The predicted octanol–water partition coefficient (Wildman–Crippen LogP) is 1.26. The van der Waals surface area contributed by atoms with Gasteiger partial charge in [0.1, 0.15) is 5.67 Å². The first-order chi connectivity index (χ1) is 4.97. The van der Waals surface area contributed by atoms with Crippen LogP contribution in [-0.2, 0) is 4.79 Å². The maximum Gasteiger partial charge on any atom is 0.220 e. The fourth-order valence-corrected chi connectivity index (χ4v) is 1.50. The van der Waals surface area contributed by atoms with Crippen LogP contribution in [0.15, 0.2) is 0 Å². The van der Waals surface area contributed by atoms with Crippen LogP contribution in [0.2, 0.25) is 0 Å². The number of carbonyl (C=O) groups is 1. The third-order valence-electron chi connectivity index (χ3n) is 1.84. The minimum atomic E-state index is -1.14. The molecule has 1 rings (SSSR count). The Labute approximate surface area is 66.2 Å². The van der Waals surface area contributed by atoms with Crippen molar-refractivity contribution >= 4 is 5.91 Å². The molecule has 0 bridgehead atoms. The fraction of sp³-hybridized carbons (Fsp3) is 0.875. The zero-order valence-electron chi connectivity index (χ0n) is 6.98. The minimum Gasteiger partial charge on any atom is -0.356 e. The second-order valence-electron chi connectivity index (χ2n) is 3.80. The quantitative estimate of drug-likeness (QED) is 0.645. The highest BCUT2D eigenvalue weighted by molar-refractivity contribution is 5.78. The van der Waals surface area contributed by atoms with Crippen LogP contribution in [0.25, 0.3) is 0 Å². The molecule has 1 aliphatic heterocycles. The topological polar surface area (TPSA) is 29.1 Å². The lowest BCUT2D eigenvalue weighted by Crippen LogP contribution is -2.20. The molecule has 1 amide bonds. The van der Waals surface area contributed by atoms with E-state index in [1.807, 2.05) is 0 Å². The summed E-state index contributed by atoms with van der Waals surface area (Å²) in [6.07, 6.45) is 0.971.